The summed E-state index contributed by atoms with van der Waals surface area (Å²) in [7, 11) is 0. The summed E-state index contributed by atoms with van der Waals surface area (Å²) in [6.45, 7) is 11.7. The zero-order valence-corrected chi connectivity index (χ0v) is 19.7. The van der Waals surface area contributed by atoms with E-state index in [4.69, 9.17) is 0 Å². The Bertz CT molecular complexity index is 638. The van der Waals surface area contributed by atoms with Crippen molar-refractivity contribution in [1.82, 2.24) is 0 Å². The molecule has 4 rings (SSSR count). The zero-order valence-electron chi connectivity index (χ0n) is 19.7. The molecule has 9 atom stereocenters. The summed E-state index contributed by atoms with van der Waals surface area (Å²) >= 11 is 0. The molecule has 2 heteroatoms. The minimum absolute atomic E-state index is 0.159. The highest BCUT2D eigenvalue weighted by atomic mass is 16.3. The third kappa shape index (κ3) is 3.55. The van der Waals surface area contributed by atoms with Crippen LogP contribution in [0, 0.1) is 40.4 Å². The molecule has 0 heterocycles. The third-order valence-electron chi connectivity index (χ3n) is 10.7. The first-order valence-electron chi connectivity index (χ1n) is 12.7. The van der Waals surface area contributed by atoms with E-state index < -0.39 is 5.60 Å². The number of aliphatic hydroxyl groups is 2. The lowest BCUT2D eigenvalue weighted by Crippen LogP contribution is -2.52. The molecule has 4 aliphatic rings. The van der Waals surface area contributed by atoms with Crippen molar-refractivity contribution < 1.29 is 10.2 Å². The zero-order chi connectivity index (χ0) is 21.0. The van der Waals surface area contributed by atoms with Gasteiger partial charge in [0.25, 0.3) is 0 Å². The fourth-order valence-corrected chi connectivity index (χ4v) is 8.69. The van der Waals surface area contributed by atoms with E-state index in [1.54, 1.807) is 5.57 Å². The van der Waals surface area contributed by atoms with Gasteiger partial charge in [-0.05, 0) is 118 Å². The van der Waals surface area contributed by atoms with Crippen LogP contribution < -0.4 is 0 Å². The van der Waals surface area contributed by atoms with Crippen LogP contribution in [-0.4, -0.2) is 21.9 Å². The van der Waals surface area contributed by atoms with Gasteiger partial charge in [-0.2, -0.15) is 0 Å². The molecule has 3 fully saturated rings. The Labute approximate surface area is 179 Å². The molecule has 3 saturated carbocycles. The first-order chi connectivity index (χ1) is 13.6. The Hall–Kier alpha value is -0.340. The van der Waals surface area contributed by atoms with Crippen LogP contribution in [0.15, 0.2) is 11.6 Å². The smallest absolute Gasteiger partial charge is 0.0682 e. The maximum absolute atomic E-state index is 10.9. The van der Waals surface area contributed by atoms with E-state index in [1.807, 2.05) is 6.92 Å². The summed E-state index contributed by atoms with van der Waals surface area (Å²) in [5, 5.41) is 20.7. The minimum atomic E-state index is -0.445. The fourth-order valence-electron chi connectivity index (χ4n) is 8.69. The molecule has 0 bridgehead atoms. The van der Waals surface area contributed by atoms with Crippen LogP contribution in [0.25, 0.3) is 0 Å². The minimum Gasteiger partial charge on any atom is -0.393 e. The van der Waals surface area contributed by atoms with Crippen molar-refractivity contribution in [3.63, 3.8) is 0 Å². The predicted octanol–water partition coefficient (Wildman–Crippen LogP) is 6.50. The first-order valence-corrected chi connectivity index (χ1v) is 12.7. The highest BCUT2D eigenvalue weighted by Crippen LogP contribution is 2.67. The summed E-state index contributed by atoms with van der Waals surface area (Å²) in [5.41, 5.74) is 1.98. The van der Waals surface area contributed by atoms with Crippen molar-refractivity contribution >= 4 is 0 Å². The van der Waals surface area contributed by atoms with Crippen molar-refractivity contribution in [2.75, 3.05) is 0 Å². The summed E-state index contributed by atoms with van der Waals surface area (Å²) < 4.78 is 0. The Kier molecular flexibility index (Phi) is 5.78. The Balaban J connectivity index is 1.54. The second kappa shape index (κ2) is 7.66. The van der Waals surface area contributed by atoms with Gasteiger partial charge in [0.05, 0.1) is 11.7 Å². The van der Waals surface area contributed by atoms with Crippen LogP contribution in [0.1, 0.15) is 105 Å². The van der Waals surface area contributed by atoms with Gasteiger partial charge in [-0.3, -0.25) is 0 Å². The molecule has 2 N–H and O–H groups in total. The van der Waals surface area contributed by atoms with Gasteiger partial charge in [-0.15, -0.1) is 0 Å². The monoisotopic (exact) mass is 402 g/mol. The maximum Gasteiger partial charge on any atom is 0.0682 e. The van der Waals surface area contributed by atoms with Gasteiger partial charge in [-0.1, -0.05) is 39.3 Å². The van der Waals surface area contributed by atoms with Gasteiger partial charge in [0.15, 0.2) is 0 Å². The van der Waals surface area contributed by atoms with Gasteiger partial charge in [0.2, 0.25) is 0 Å². The summed E-state index contributed by atoms with van der Waals surface area (Å²) in [5.74, 6) is 4.12. The summed E-state index contributed by atoms with van der Waals surface area (Å²) in [6.07, 6.45) is 15.4. The average Bonchev–Trinajstić information content (AvgIpc) is 3.04. The largest absolute Gasteiger partial charge is 0.393 e. The average molecular weight is 403 g/mol. The van der Waals surface area contributed by atoms with E-state index >= 15 is 0 Å². The van der Waals surface area contributed by atoms with Crippen LogP contribution in [0.5, 0.6) is 0 Å². The molecule has 2 nitrogen and oxygen atoms in total. The number of allylic oxidation sites excluding steroid dienone is 1. The molecule has 0 radical (unpaired) electrons. The number of hydrogen-bond acceptors (Lipinski definition) is 2. The van der Waals surface area contributed by atoms with Gasteiger partial charge >= 0.3 is 0 Å². The van der Waals surface area contributed by atoms with E-state index in [2.05, 4.69) is 33.8 Å². The second-order valence-electron chi connectivity index (χ2n) is 12.1. The van der Waals surface area contributed by atoms with Crippen molar-refractivity contribution in [3.8, 4) is 0 Å². The Morgan fingerprint density at radius 2 is 1.79 bits per heavy atom. The standard InChI is InChI=1S/C27H46O2/c1-6-27(29)16-15-25(4)20(17-27)9-10-21-23-12-11-22(18(2)7-8-19(3)28)26(23,5)14-13-24(21)25/h9,18-19,21-24,28-29H,6-8,10-17H2,1-5H3/t18-,19+,21+,22-,23+,24+,25+,26-,27+/m1/s1. The SMILES string of the molecule is CC[C@]1(O)CC[C@@]2(C)C(=CC[C@H]3[C@@H]4CC[C@H]([C@H](C)CC[C@H](C)O)[C@@]4(C)CC[C@@H]32)C1. The lowest BCUT2D eigenvalue weighted by atomic mass is 9.46. The van der Waals surface area contributed by atoms with Crippen molar-refractivity contribution in [2.24, 2.45) is 40.4 Å². The number of hydrogen-bond donors (Lipinski definition) is 2. The van der Waals surface area contributed by atoms with Gasteiger partial charge < -0.3 is 10.2 Å². The molecule has 0 unspecified atom stereocenters. The Morgan fingerprint density at radius 3 is 2.48 bits per heavy atom. The summed E-state index contributed by atoms with van der Waals surface area (Å²) in [6, 6.07) is 0. The normalized spacial score (nSPS) is 48.9. The Morgan fingerprint density at radius 1 is 1.03 bits per heavy atom. The highest BCUT2D eigenvalue weighted by Gasteiger charge is 2.59. The van der Waals surface area contributed by atoms with Crippen LogP contribution >= 0.6 is 0 Å². The fraction of sp³-hybridized carbons (Fsp3) is 0.926. The molecule has 0 saturated heterocycles. The second-order valence-corrected chi connectivity index (χ2v) is 12.1. The van der Waals surface area contributed by atoms with E-state index in [0.717, 1.165) is 55.3 Å². The maximum atomic E-state index is 10.9. The summed E-state index contributed by atoms with van der Waals surface area (Å²) in [4.78, 5) is 0. The molecule has 29 heavy (non-hydrogen) atoms. The molecule has 0 aromatic heterocycles. The molecule has 0 aromatic carbocycles. The van der Waals surface area contributed by atoms with Gasteiger partial charge in [-0.25, -0.2) is 0 Å². The van der Waals surface area contributed by atoms with Crippen molar-refractivity contribution in [3.05, 3.63) is 11.6 Å². The molecule has 0 aliphatic heterocycles. The highest BCUT2D eigenvalue weighted by molar-refractivity contribution is 5.27. The molecule has 166 valence electrons. The lowest BCUT2D eigenvalue weighted by Gasteiger charge is -2.59. The molecule has 4 aliphatic carbocycles. The van der Waals surface area contributed by atoms with E-state index in [0.29, 0.717) is 10.8 Å². The number of aliphatic hydroxyl groups excluding tert-OH is 1. The van der Waals surface area contributed by atoms with Crippen molar-refractivity contribution in [2.45, 2.75) is 117 Å². The quantitative estimate of drug-likeness (QED) is 0.515. The van der Waals surface area contributed by atoms with Crippen LogP contribution in [0.3, 0.4) is 0 Å². The third-order valence-corrected chi connectivity index (χ3v) is 10.7. The number of rotatable bonds is 5. The van der Waals surface area contributed by atoms with Crippen LogP contribution in [0.4, 0.5) is 0 Å². The van der Waals surface area contributed by atoms with E-state index in [9.17, 15) is 10.2 Å². The molecular weight excluding hydrogens is 356 g/mol. The molecular formula is C27H46O2. The van der Waals surface area contributed by atoms with Crippen molar-refractivity contribution in [1.29, 1.82) is 0 Å². The van der Waals surface area contributed by atoms with E-state index in [-0.39, 0.29) is 6.10 Å². The van der Waals surface area contributed by atoms with Crippen LogP contribution in [0.2, 0.25) is 0 Å². The van der Waals surface area contributed by atoms with Gasteiger partial charge in [0.1, 0.15) is 0 Å². The predicted molar refractivity (Wildman–Crippen MR) is 121 cm³/mol. The molecule has 0 spiro atoms. The van der Waals surface area contributed by atoms with Crippen LogP contribution in [-0.2, 0) is 0 Å². The topological polar surface area (TPSA) is 40.5 Å². The lowest BCUT2D eigenvalue weighted by molar-refractivity contribution is -0.0757. The molecule has 0 amide bonds. The number of fused-ring (bicyclic) bond motifs is 5. The van der Waals surface area contributed by atoms with Gasteiger partial charge in [0, 0.05) is 0 Å². The van der Waals surface area contributed by atoms with E-state index in [1.165, 1.54) is 44.9 Å². The first kappa shape index (κ1) is 21.9. The molecule has 0 aromatic rings.